The number of rotatable bonds is 1. The van der Waals surface area contributed by atoms with Gasteiger partial charge in [-0.15, -0.1) is 0 Å². The zero-order valence-corrected chi connectivity index (χ0v) is 5.91. The summed E-state index contributed by atoms with van der Waals surface area (Å²) >= 11 is 0. The van der Waals surface area contributed by atoms with Crippen molar-refractivity contribution in [2.75, 3.05) is 13.2 Å². The van der Waals surface area contributed by atoms with Crippen LogP contribution in [-0.2, 0) is 0 Å². The molecule has 1 rings (SSSR count). The second kappa shape index (κ2) is 2.65. The van der Waals surface area contributed by atoms with Crippen LogP contribution in [0, 0.1) is 0 Å². The maximum atomic E-state index is 12.2. The van der Waals surface area contributed by atoms with Crippen molar-refractivity contribution >= 4 is 0 Å². The molecule has 1 N–H and O–H groups in total. The first-order chi connectivity index (χ1) is 4.27. The van der Waals surface area contributed by atoms with Gasteiger partial charge in [0.25, 0.3) is 0 Å². The van der Waals surface area contributed by atoms with Gasteiger partial charge in [-0.05, 0) is 26.3 Å². The molecule has 0 aliphatic carbocycles. The van der Waals surface area contributed by atoms with E-state index in [1.807, 2.05) is 6.92 Å². The van der Waals surface area contributed by atoms with Crippen LogP contribution in [0.15, 0.2) is 0 Å². The van der Waals surface area contributed by atoms with Crippen molar-refractivity contribution in [3.8, 4) is 0 Å². The van der Waals surface area contributed by atoms with E-state index in [4.69, 9.17) is 0 Å². The fourth-order valence-corrected chi connectivity index (χ4v) is 1.23. The SMILES string of the molecule is CC1(CF)CCCCN1. The van der Waals surface area contributed by atoms with Crippen LogP contribution in [0.2, 0.25) is 0 Å². The Morgan fingerprint density at radius 1 is 1.56 bits per heavy atom. The van der Waals surface area contributed by atoms with Gasteiger partial charge in [-0.3, -0.25) is 0 Å². The van der Waals surface area contributed by atoms with Crippen LogP contribution in [0.1, 0.15) is 26.2 Å². The van der Waals surface area contributed by atoms with E-state index in [2.05, 4.69) is 5.32 Å². The van der Waals surface area contributed by atoms with Crippen molar-refractivity contribution in [2.24, 2.45) is 0 Å². The number of nitrogens with one attached hydrogen (secondary N) is 1. The normalized spacial score (nSPS) is 36.7. The molecule has 1 aliphatic heterocycles. The maximum Gasteiger partial charge on any atom is 0.107 e. The summed E-state index contributed by atoms with van der Waals surface area (Å²) in [5, 5.41) is 3.17. The fourth-order valence-electron chi connectivity index (χ4n) is 1.23. The molecule has 0 aromatic carbocycles. The molecule has 9 heavy (non-hydrogen) atoms. The Balaban J connectivity index is 2.37. The zero-order chi connectivity index (χ0) is 6.74. The third kappa shape index (κ3) is 1.65. The van der Waals surface area contributed by atoms with Crippen molar-refractivity contribution in [3.05, 3.63) is 0 Å². The highest BCUT2D eigenvalue weighted by molar-refractivity contribution is 4.85. The molecule has 1 unspecified atom stereocenters. The van der Waals surface area contributed by atoms with E-state index in [0.717, 1.165) is 13.0 Å². The third-order valence-corrected chi connectivity index (χ3v) is 2.00. The minimum Gasteiger partial charge on any atom is -0.309 e. The zero-order valence-electron chi connectivity index (χ0n) is 5.91. The number of hydrogen-bond acceptors (Lipinski definition) is 1. The predicted molar refractivity (Wildman–Crippen MR) is 36.2 cm³/mol. The average molecular weight is 131 g/mol. The molecule has 1 nitrogen and oxygen atoms in total. The lowest BCUT2D eigenvalue weighted by Gasteiger charge is -2.31. The first-order valence-corrected chi connectivity index (χ1v) is 3.58. The topological polar surface area (TPSA) is 12.0 Å². The summed E-state index contributed by atoms with van der Waals surface area (Å²) in [6.45, 7) is 2.71. The monoisotopic (exact) mass is 131 g/mol. The van der Waals surface area contributed by atoms with Gasteiger partial charge in [-0.2, -0.15) is 0 Å². The molecule has 0 amide bonds. The molecule has 1 aliphatic rings. The quantitative estimate of drug-likeness (QED) is 0.568. The van der Waals surface area contributed by atoms with Gasteiger partial charge in [-0.25, -0.2) is 4.39 Å². The Labute approximate surface area is 55.6 Å². The molecular weight excluding hydrogens is 117 g/mol. The number of hydrogen-bond donors (Lipinski definition) is 1. The minimum absolute atomic E-state index is 0.196. The largest absolute Gasteiger partial charge is 0.309 e. The first kappa shape index (κ1) is 7.00. The van der Waals surface area contributed by atoms with Crippen molar-refractivity contribution in [2.45, 2.75) is 31.7 Å². The lowest BCUT2D eigenvalue weighted by molar-refractivity contribution is 0.217. The molecule has 1 heterocycles. The molecule has 0 radical (unpaired) electrons. The van der Waals surface area contributed by atoms with Gasteiger partial charge in [-0.1, -0.05) is 6.42 Å². The molecule has 0 aromatic heterocycles. The second-order valence-corrected chi connectivity index (χ2v) is 3.08. The average Bonchev–Trinajstić information content (AvgIpc) is 1.90. The molecule has 0 bridgehead atoms. The number of halogens is 1. The Morgan fingerprint density at radius 2 is 2.33 bits per heavy atom. The van der Waals surface area contributed by atoms with E-state index in [-0.39, 0.29) is 12.2 Å². The van der Waals surface area contributed by atoms with Crippen LogP contribution >= 0.6 is 0 Å². The molecule has 0 spiro atoms. The summed E-state index contributed by atoms with van der Waals surface area (Å²) in [5.41, 5.74) is -0.196. The minimum atomic E-state index is -0.229. The van der Waals surface area contributed by atoms with Crippen LogP contribution in [0.3, 0.4) is 0 Å². The van der Waals surface area contributed by atoms with Gasteiger partial charge in [0.1, 0.15) is 6.67 Å². The highest BCUT2D eigenvalue weighted by Gasteiger charge is 2.25. The molecule has 2 heteroatoms. The molecular formula is C7H14FN. The highest BCUT2D eigenvalue weighted by Crippen LogP contribution is 2.18. The van der Waals surface area contributed by atoms with Gasteiger partial charge < -0.3 is 5.32 Å². The Kier molecular flexibility index (Phi) is 2.06. The summed E-state index contributed by atoms with van der Waals surface area (Å²) in [7, 11) is 0. The van der Waals surface area contributed by atoms with E-state index in [1.165, 1.54) is 12.8 Å². The number of piperidine rings is 1. The van der Waals surface area contributed by atoms with Gasteiger partial charge in [0.2, 0.25) is 0 Å². The molecule has 0 saturated carbocycles. The maximum absolute atomic E-state index is 12.2. The molecule has 1 atom stereocenters. The smallest absolute Gasteiger partial charge is 0.107 e. The first-order valence-electron chi connectivity index (χ1n) is 3.58. The van der Waals surface area contributed by atoms with Crippen LogP contribution in [0.4, 0.5) is 4.39 Å². The van der Waals surface area contributed by atoms with Gasteiger partial charge >= 0.3 is 0 Å². The molecule has 1 fully saturated rings. The molecule has 54 valence electrons. The van der Waals surface area contributed by atoms with Gasteiger partial charge in [0, 0.05) is 5.54 Å². The van der Waals surface area contributed by atoms with Gasteiger partial charge in [0.15, 0.2) is 0 Å². The van der Waals surface area contributed by atoms with Crippen molar-refractivity contribution in [3.63, 3.8) is 0 Å². The highest BCUT2D eigenvalue weighted by atomic mass is 19.1. The van der Waals surface area contributed by atoms with E-state index in [1.54, 1.807) is 0 Å². The van der Waals surface area contributed by atoms with Crippen LogP contribution in [0.5, 0.6) is 0 Å². The van der Waals surface area contributed by atoms with Crippen LogP contribution in [-0.4, -0.2) is 18.8 Å². The van der Waals surface area contributed by atoms with E-state index in [9.17, 15) is 4.39 Å². The summed E-state index contributed by atoms with van der Waals surface area (Å²) in [6.07, 6.45) is 3.37. The molecule has 1 saturated heterocycles. The lowest BCUT2D eigenvalue weighted by Crippen LogP contribution is -2.47. The van der Waals surface area contributed by atoms with Crippen molar-refractivity contribution < 1.29 is 4.39 Å². The van der Waals surface area contributed by atoms with Crippen LogP contribution in [0.25, 0.3) is 0 Å². The fraction of sp³-hybridized carbons (Fsp3) is 1.00. The number of alkyl halides is 1. The van der Waals surface area contributed by atoms with E-state index >= 15 is 0 Å². The third-order valence-electron chi connectivity index (χ3n) is 2.00. The summed E-state index contributed by atoms with van der Waals surface area (Å²) < 4.78 is 12.2. The summed E-state index contributed by atoms with van der Waals surface area (Å²) in [5.74, 6) is 0. The van der Waals surface area contributed by atoms with Crippen molar-refractivity contribution in [1.29, 1.82) is 0 Å². The van der Waals surface area contributed by atoms with Gasteiger partial charge in [0.05, 0.1) is 0 Å². The molecule has 0 aromatic rings. The summed E-state index contributed by atoms with van der Waals surface area (Å²) in [4.78, 5) is 0. The lowest BCUT2D eigenvalue weighted by atomic mass is 9.93. The van der Waals surface area contributed by atoms with E-state index < -0.39 is 0 Å². The summed E-state index contributed by atoms with van der Waals surface area (Å²) in [6, 6.07) is 0. The van der Waals surface area contributed by atoms with Crippen molar-refractivity contribution in [1.82, 2.24) is 5.32 Å². The second-order valence-electron chi connectivity index (χ2n) is 3.08. The Hall–Kier alpha value is -0.110. The Bertz CT molecular complexity index is 86.9. The van der Waals surface area contributed by atoms with Crippen LogP contribution < -0.4 is 5.32 Å². The van der Waals surface area contributed by atoms with E-state index in [0.29, 0.717) is 0 Å². The Morgan fingerprint density at radius 3 is 2.67 bits per heavy atom. The standard InChI is InChI=1S/C7H14FN/c1-7(6-8)4-2-3-5-9-7/h9H,2-6H2,1H3. The predicted octanol–water partition coefficient (Wildman–Crippen LogP) is 1.49.